The molecule has 0 spiro atoms. The molecular formula is C27H20FN3OS. The second kappa shape index (κ2) is 9.08. The number of ketones is 1. The minimum Gasteiger partial charge on any atom is -0.299 e. The Balaban J connectivity index is 1.57. The highest BCUT2D eigenvalue weighted by Crippen LogP contribution is 2.32. The van der Waals surface area contributed by atoms with Gasteiger partial charge >= 0.3 is 0 Å². The predicted molar refractivity (Wildman–Crippen MR) is 134 cm³/mol. The molecule has 0 fully saturated rings. The van der Waals surface area contributed by atoms with Crippen LogP contribution in [-0.4, -0.2) is 27.3 Å². The minimum absolute atomic E-state index is 0.101. The van der Waals surface area contributed by atoms with Crippen LogP contribution in [0.3, 0.4) is 0 Å². The van der Waals surface area contributed by atoms with Crippen molar-refractivity contribution in [3.05, 3.63) is 90.5 Å². The Kier molecular flexibility index (Phi) is 5.84. The molecule has 2 heterocycles. The fourth-order valence-corrected chi connectivity index (χ4v) is 4.54. The number of hydrogen-bond acceptors (Lipinski definition) is 5. The van der Waals surface area contributed by atoms with Gasteiger partial charge in [-0.05, 0) is 70.3 Å². The van der Waals surface area contributed by atoms with Crippen LogP contribution in [0.15, 0.2) is 89.3 Å². The summed E-state index contributed by atoms with van der Waals surface area (Å²) in [7, 11) is 0. The Labute approximate surface area is 195 Å². The van der Waals surface area contributed by atoms with Crippen LogP contribution in [0.4, 0.5) is 4.39 Å². The number of fused-ring (bicyclic) bond motifs is 1. The zero-order valence-corrected chi connectivity index (χ0v) is 18.8. The van der Waals surface area contributed by atoms with E-state index in [1.165, 1.54) is 24.0 Å². The average Bonchev–Trinajstić information content (AvgIpc) is 3.32. The van der Waals surface area contributed by atoms with Gasteiger partial charge < -0.3 is 0 Å². The zero-order valence-electron chi connectivity index (χ0n) is 18.0. The van der Waals surface area contributed by atoms with Crippen molar-refractivity contribution in [3.63, 3.8) is 0 Å². The Morgan fingerprint density at radius 1 is 0.909 bits per heavy atom. The van der Waals surface area contributed by atoms with Crippen LogP contribution in [0.2, 0.25) is 0 Å². The molecule has 0 saturated carbocycles. The summed E-state index contributed by atoms with van der Waals surface area (Å²) in [5, 5.41) is 11.7. The molecule has 0 amide bonds. The molecular weight excluding hydrogens is 433 g/mol. The van der Waals surface area contributed by atoms with E-state index in [2.05, 4.69) is 51.6 Å². The number of benzene rings is 3. The molecule has 0 radical (unpaired) electrons. The monoisotopic (exact) mass is 453 g/mol. The van der Waals surface area contributed by atoms with Crippen LogP contribution >= 0.6 is 11.8 Å². The van der Waals surface area contributed by atoms with Gasteiger partial charge in [-0.3, -0.25) is 9.78 Å². The summed E-state index contributed by atoms with van der Waals surface area (Å²) >= 11 is 1.41. The van der Waals surface area contributed by atoms with E-state index < -0.39 is 0 Å². The molecule has 0 atom stereocenters. The number of aromatic nitrogens is 1. The molecule has 33 heavy (non-hydrogen) atoms. The van der Waals surface area contributed by atoms with Gasteiger partial charge in [0, 0.05) is 24.4 Å². The molecule has 4 nitrogen and oxygen atoms in total. The van der Waals surface area contributed by atoms with Crippen LogP contribution in [0.1, 0.15) is 18.9 Å². The first-order valence-corrected chi connectivity index (χ1v) is 11.6. The SMILES string of the molecule is CC(=O)CSC1=NN=C(c2cc(-c3ccc4ccccc4c3)cc(-c3cnccc3F)c2)C1. The number of hydrogen-bond donors (Lipinski definition) is 0. The molecule has 162 valence electrons. The summed E-state index contributed by atoms with van der Waals surface area (Å²) in [4.78, 5) is 15.4. The molecule has 3 aromatic carbocycles. The van der Waals surface area contributed by atoms with Crippen LogP contribution in [0.25, 0.3) is 33.0 Å². The maximum atomic E-state index is 14.6. The Bertz CT molecular complexity index is 1440. The molecule has 5 rings (SSSR count). The third kappa shape index (κ3) is 4.61. The van der Waals surface area contributed by atoms with Crippen LogP contribution in [0, 0.1) is 5.82 Å². The van der Waals surface area contributed by atoms with E-state index in [1.807, 2.05) is 24.3 Å². The van der Waals surface area contributed by atoms with Gasteiger partial charge in [-0.25, -0.2) is 4.39 Å². The minimum atomic E-state index is -0.325. The molecule has 1 aliphatic rings. The summed E-state index contributed by atoms with van der Waals surface area (Å²) in [5.41, 5.74) is 4.84. The lowest BCUT2D eigenvalue weighted by Crippen LogP contribution is -2.05. The van der Waals surface area contributed by atoms with Crippen LogP contribution < -0.4 is 0 Å². The lowest BCUT2D eigenvalue weighted by molar-refractivity contribution is -0.114. The van der Waals surface area contributed by atoms with Gasteiger partial charge in [0.25, 0.3) is 0 Å². The van der Waals surface area contributed by atoms with Crippen molar-refractivity contribution in [2.45, 2.75) is 13.3 Å². The normalized spacial score (nSPS) is 13.2. The Morgan fingerprint density at radius 2 is 1.70 bits per heavy atom. The largest absolute Gasteiger partial charge is 0.299 e. The first kappa shape index (κ1) is 21.2. The number of pyridine rings is 1. The highest BCUT2D eigenvalue weighted by Gasteiger charge is 2.18. The molecule has 0 N–H and O–H groups in total. The molecule has 0 unspecified atom stereocenters. The average molecular weight is 454 g/mol. The van der Waals surface area contributed by atoms with Crippen LogP contribution in [0.5, 0.6) is 0 Å². The summed E-state index contributed by atoms with van der Waals surface area (Å²) in [6.45, 7) is 1.56. The zero-order chi connectivity index (χ0) is 22.8. The predicted octanol–water partition coefficient (Wildman–Crippen LogP) is 6.54. The van der Waals surface area contributed by atoms with Crippen molar-refractivity contribution >= 4 is 39.1 Å². The van der Waals surface area contributed by atoms with E-state index in [9.17, 15) is 9.18 Å². The summed E-state index contributed by atoms with van der Waals surface area (Å²) in [6.07, 6.45) is 3.54. The number of carbonyl (C=O) groups excluding carboxylic acids is 1. The third-order valence-electron chi connectivity index (χ3n) is 5.47. The van der Waals surface area contributed by atoms with E-state index in [4.69, 9.17) is 0 Å². The van der Waals surface area contributed by atoms with Gasteiger partial charge in [-0.15, -0.1) is 16.9 Å². The topological polar surface area (TPSA) is 54.7 Å². The first-order valence-electron chi connectivity index (χ1n) is 10.6. The standard InChI is InChI=1S/C27H20FN3OS/c1-17(32)16-33-27-14-26(30-31-27)23-12-21(11-22(13-23)24-15-29-9-8-25(24)28)20-7-6-18-4-2-3-5-19(18)10-20/h2-13,15H,14,16H2,1H3. The van der Waals surface area contributed by atoms with E-state index >= 15 is 0 Å². The summed E-state index contributed by atoms with van der Waals surface area (Å²) in [5.74, 6) is 0.156. The summed E-state index contributed by atoms with van der Waals surface area (Å²) in [6, 6.07) is 21.8. The van der Waals surface area contributed by atoms with Gasteiger partial charge in [0.15, 0.2) is 0 Å². The maximum Gasteiger partial charge on any atom is 0.140 e. The number of thioether (sulfide) groups is 1. The van der Waals surface area contributed by atoms with Gasteiger partial charge in [-0.1, -0.05) is 36.4 Å². The van der Waals surface area contributed by atoms with E-state index in [1.54, 1.807) is 13.1 Å². The van der Waals surface area contributed by atoms with Crippen molar-refractivity contribution in [1.82, 2.24) is 4.98 Å². The summed E-state index contributed by atoms with van der Waals surface area (Å²) < 4.78 is 14.6. The lowest BCUT2D eigenvalue weighted by Gasteiger charge is -2.12. The number of carbonyl (C=O) groups is 1. The third-order valence-corrected chi connectivity index (χ3v) is 6.58. The van der Waals surface area contributed by atoms with Gasteiger partial charge in [0.2, 0.25) is 0 Å². The molecule has 1 aliphatic heterocycles. The molecule has 0 bridgehead atoms. The molecule has 0 aliphatic carbocycles. The Morgan fingerprint density at radius 3 is 2.52 bits per heavy atom. The van der Waals surface area contributed by atoms with Crippen molar-refractivity contribution in [2.24, 2.45) is 10.2 Å². The molecule has 6 heteroatoms. The second-order valence-electron chi connectivity index (χ2n) is 7.92. The van der Waals surface area contributed by atoms with E-state index in [-0.39, 0.29) is 11.6 Å². The number of rotatable bonds is 5. The second-order valence-corrected chi connectivity index (χ2v) is 8.97. The van der Waals surface area contributed by atoms with Gasteiger partial charge in [0.1, 0.15) is 16.6 Å². The van der Waals surface area contributed by atoms with Gasteiger partial charge in [-0.2, -0.15) is 5.10 Å². The molecule has 1 aromatic heterocycles. The van der Waals surface area contributed by atoms with Crippen molar-refractivity contribution in [2.75, 3.05) is 5.75 Å². The van der Waals surface area contributed by atoms with Crippen molar-refractivity contribution in [1.29, 1.82) is 0 Å². The van der Waals surface area contributed by atoms with E-state index in [0.717, 1.165) is 43.8 Å². The molecule has 0 saturated heterocycles. The quantitative estimate of drug-likeness (QED) is 0.345. The maximum absolute atomic E-state index is 14.6. The van der Waals surface area contributed by atoms with Gasteiger partial charge in [0.05, 0.1) is 11.5 Å². The van der Waals surface area contributed by atoms with Crippen molar-refractivity contribution < 1.29 is 9.18 Å². The highest BCUT2D eigenvalue weighted by atomic mass is 32.2. The number of nitrogens with zero attached hydrogens (tertiary/aromatic N) is 3. The highest BCUT2D eigenvalue weighted by molar-refractivity contribution is 8.14. The first-order chi connectivity index (χ1) is 16.1. The van der Waals surface area contributed by atoms with Crippen molar-refractivity contribution in [3.8, 4) is 22.3 Å². The lowest BCUT2D eigenvalue weighted by atomic mass is 9.93. The number of halogens is 1. The van der Waals surface area contributed by atoms with Crippen LogP contribution in [-0.2, 0) is 4.79 Å². The fraction of sp³-hybridized carbons (Fsp3) is 0.111. The van der Waals surface area contributed by atoms with E-state index in [0.29, 0.717) is 17.7 Å². The smallest absolute Gasteiger partial charge is 0.140 e. The fourth-order valence-electron chi connectivity index (χ4n) is 3.83. The molecule has 4 aromatic rings. The Hall–Kier alpha value is -3.64. The number of Topliss-reactive ketones (excluding diaryl/α,β-unsaturated/α-hetero) is 1.